The Hall–Kier alpha value is -2.25. The second kappa shape index (κ2) is 7.11. The monoisotopic (exact) mass is 332 g/mol. The second-order valence-corrected chi connectivity index (χ2v) is 6.03. The van der Waals surface area contributed by atoms with E-state index in [4.69, 9.17) is 4.74 Å². The summed E-state index contributed by atoms with van der Waals surface area (Å²) in [6, 6.07) is 6.32. The largest absolute Gasteiger partial charge is 0.384 e. The molecule has 1 fully saturated rings. The molecule has 0 saturated carbocycles. The molecule has 2 heterocycles. The highest BCUT2D eigenvalue weighted by Gasteiger charge is 2.39. The molecule has 2 N–H and O–H groups in total. The molecule has 1 aromatic heterocycles. The number of aromatic nitrogens is 2. The SMILES string of the molecule is COCC1(C(=O)Nc2ccc(-n3cccn3)c(F)c2)CCNCC1. The first-order valence-electron chi connectivity index (χ1n) is 7.95. The van der Waals surface area contributed by atoms with Crippen molar-refractivity contribution in [2.45, 2.75) is 12.8 Å². The Morgan fingerprint density at radius 3 is 2.88 bits per heavy atom. The number of amides is 1. The lowest BCUT2D eigenvalue weighted by Crippen LogP contribution is -2.47. The highest BCUT2D eigenvalue weighted by Crippen LogP contribution is 2.31. The lowest BCUT2D eigenvalue weighted by atomic mass is 9.78. The predicted molar refractivity (Wildman–Crippen MR) is 88.6 cm³/mol. The van der Waals surface area contributed by atoms with Gasteiger partial charge in [0.15, 0.2) is 5.82 Å². The maximum atomic E-state index is 14.3. The molecule has 0 aliphatic carbocycles. The van der Waals surface area contributed by atoms with Crippen LogP contribution in [0.2, 0.25) is 0 Å². The summed E-state index contributed by atoms with van der Waals surface area (Å²) in [5, 5.41) is 10.1. The number of benzene rings is 1. The molecule has 3 rings (SSSR count). The minimum Gasteiger partial charge on any atom is -0.384 e. The summed E-state index contributed by atoms with van der Waals surface area (Å²) in [5.74, 6) is -0.570. The van der Waals surface area contributed by atoms with Crippen molar-refractivity contribution >= 4 is 11.6 Å². The van der Waals surface area contributed by atoms with Crippen molar-refractivity contribution in [3.05, 3.63) is 42.5 Å². The van der Waals surface area contributed by atoms with E-state index in [1.165, 1.54) is 10.7 Å². The van der Waals surface area contributed by atoms with Crippen LogP contribution in [0.25, 0.3) is 5.69 Å². The Bertz CT molecular complexity index is 691. The van der Waals surface area contributed by atoms with E-state index in [0.717, 1.165) is 13.1 Å². The van der Waals surface area contributed by atoms with E-state index in [9.17, 15) is 9.18 Å². The van der Waals surface area contributed by atoms with Crippen molar-refractivity contribution in [3.63, 3.8) is 0 Å². The average Bonchev–Trinajstić information content (AvgIpc) is 3.10. The minimum absolute atomic E-state index is 0.128. The normalized spacial score (nSPS) is 16.8. The predicted octanol–water partition coefficient (Wildman–Crippen LogP) is 1.97. The first-order chi connectivity index (χ1) is 11.6. The fourth-order valence-corrected chi connectivity index (χ4v) is 3.06. The number of halogens is 1. The zero-order valence-corrected chi connectivity index (χ0v) is 13.6. The third kappa shape index (κ3) is 3.32. The van der Waals surface area contributed by atoms with Crippen LogP contribution < -0.4 is 10.6 Å². The smallest absolute Gasteiger partial charge is 0.233 e. The Labute approximate surface area is 140 Å². The maximum Gasteiger partial charge on any atom is 0.233 e. The van der Waals surface area contributed by atoms with E-state index in [1.807, 2.05) is 0 Å². The van der Waals surface area contributed by atoms with Gasteiger partial charge < -0.3 is 15.4 Å². The van der Waals surface area contributed by atoms with E-state index in [-0.39, 0.29) is 5.91 Å². The third-order valence-corrected chi connectivity index (χ3v) is 4.42. The molecule has 2 aromatic rings. The summed E-state index contributed by atoms with van der Waals surface area (Å²) in [4.78, 5) is 12.7. The summed E-state index contributed by atoms with van der Waals surface area (Å²) in [6.45, 7) is 1.89. The zero-order valence-electron chi connectivity index (χ0n) is 13.6. The van der Waals surface area contributed by atoms with Gasteiger partial charge in [0, 0.05) is 25.2 Å². The van der Waals surface area contributed by atoms with Gasteiger partial charge in [-0.3, -0.25) is 4.79 Å². The molecule has 7 heteroatoms. The lowest BCUT2D eigenvalue weighted by Gasteiger charge is -2.35. The van der Waals surface area contributed by atoms with Crippen LogP contribution >= 0.6 is 0 Å². The molecule has 128 valence electrons. The molecule has 0 atom stereocenters. The Balaban J connectivity index is 1.77. The molecular formula is C17H21FN4O2. The summed E-state index contributed by atoms with van der Waals surface area (Å²) < 4.78 is 21.0. The van der Waals surface area contributed by atoms with Gasteiger partial charge in [0.1, 0.15) is 5.69 Å². The van der Waals surface area contributed by atoms with Crippen LogP contribution in [0, 0.1) is 11.2 Å². The van der Waals surface area contributed by atoms with E-state index in [0.29, 0.717) is 30.8 Å². The highest BCUT2D eigenvalue weighted by molar-refractivity contribution is 5.95. The van der Waals surface area contributed by atoms with Crippen molar-refractivity contribution in [3.8, 4) is 5.69 Å². The van der Waals surface area contributed by atoms with Gasteiger partial charge in [-0.1, -0.05) is 0 Å². The number of nitrogens with one attached hydrogen (secondary N) is 2. The molecule has 6 nitrogen and oxygen atoms in total. The van der Waals surface area contributed by atoms with Gasteiger partial charge >= 0.3 is 0 Å². The van der Waals surface area contributed by atoms with Crippen molar-refractivity contribution in [1.82, 2.24) is 15.1 Å². The summed E-state index contributed by atoms with van der Waals surface area (Å²) in [7, 11) is 1.59. The highest BCUT2D eigenvalue weighted by atomic mass is 19.1. The molecule has 0 unspecified atom stereocenters. The van der Waals surface area contributed by atoms with Crippen molar-refractivity contribution in [1.29, 1.82) is 0 Å². The van der Waals surface area contributed by atoms with Crippen LogP contribution in [0.1, 0.15) is 12.8 Å². The number of hydrogen-bond acceptors (Lipinski definition) is 4. The Morgan fingerprint density at radius 1 is 1.46 bits per heavy atom. The van der Waals surface area contributed by atoms with Crippen molar-refractivity contribution in [2.24, 2.45) is 5.41 Å². The van der Waals surface area contributed by atoms with E-state index in [2.05, 4.69) is 15.7 Å². The van der Waals surface area contributed by atoms with Gasteiger partial charge in [0.25, 0.3) is 0 Å². The number of methoxy groups -OCH3 is 1. The van der Waals surface area contributed by atoms with Crippen molar-refractivity contribution in [2.75, 3.05) is 32.1 Å². The zero-order chi connectivity index (χ0) is 17.0. The van der Waals surface area contributed by atoms with Crippen LogP contribution in [0.15, 0.2) is 36.7 Å². The number of piperidine rings is 1. The number of hydrogen-bond donors (Lipinski definition) is 2. The number of carbonyl (C=O) groups is 1. The number of carbonyl (C=O) groups excluding carboxylic acids is 1. The van der Waals surface area contributed by atoms with Crippen LogP contribution in [0.5, 0.6) is 0 Å². The number of nitrogens with zero attached hydrogens (tertiary/aromatic N) is 2. The standard InChI is InChI=1S/C17H21FN4O2/c1-24-12-17(5-8-19-9-6-17)16(23)21-13-3-4-15(14(18)11-13)22-10-2-7-20-22/h2-4,7,10-11,19H,5-6,8-9,12H2,1H3,(H,21,23). The number of ether oxygens (including phenoxy) is 1. The van der Waals surface area contributed by atoms with Crippen LogP contribution in [0.4, 0.5) is 10.1 Å². The summed E-state index contributed by atoms with van der Waals surface area (Å²) in [6.07, 6.45) is 4.64. The maximum absolute atomic E-state index is 14.3. The Morgan fingerprint density at radius 2 is 2.25 bits per heavy atom. The third-order valence-electron chi connectivity index (χ3n) is 4.42. The van der Waals surface area contributed by atoms with E-state index >= 15 is 0 Å². The molecule has 0 bridgehead atoms. The fourth-order valence-electron chi connectivity index (χ4n) is 3.06. The quantitative estimate of drug-likeness (QED) is 0.878. The average molecular weight is 332 g/mol. The van der Waals surface area contributed by atoms with Gasteiger partial charge in [-0.2, -0.15) is 5.10 Å². The summed E-state index contributed by atoms with van der Waals surface area (Å²) >= 11 is 0. The second-order valence-electron chi connectivity index (χ2n) is 6.03. The molecule has 0 spiro atoms. The molecule has 1 saturated heterocycles. The molecule has 0 radical (unpaired) electrons. The topological polar surface area (TPSA) is 68.2 Å². The van der Waals surface area contributed by atoms with Gasteiger partial charge in [0.2, 0.25) is 5.91 Å². The minimum atomic E-state index is -0.572. The van der Waals surface area contributed by atoms with Crippen LogP contribution in [-0.2, 0) is 9.53 Å². The Kier molecular flexibility index (Phi) is 4.92. The van der Waals surface area contributed by atoms with E-state index in [1.54, 1.807) is 37.7 Å². The molecule has 1 aliphatic rings. The number of rotatable bonds is 5. The van der Waals surface area contributed by atoms with Crippen LogP contribution in [0.3, 0.4) is 0 Å². The van der Waals surface area contributed by atoms with Crippen LogP contribution in [-0.4, -0.2) is 42.5 Å². The first-order valence-corrected chi connectivity index (χ1v) is 7.95. The molecular weight excluding hydrogens is 311 g/mol. The lowest BCUT2D eigenvalue weighted by molar-refractivity contribution is -0.130. The molecule has 1 aliphatic heterocycles. The molecule has 24 heavy (non-hydrogen) atoms. The van der Waals surface area contributed by atoms with Gasteiger partial charge in [-0.15, -0.1) is 0 Å². The van der Waals surface area contributed by atoms with Crippen molar-refractivity contribution < 1.29 is 13.9 Å². The number of anilines is 1. The first kappa shape index (κ1) is 16.6. The van der Waals surface area contributed by atoms with Gasteiger partial charge in [0.05, 0.1) is 12.0 Å². The molecule has 1 amide bonds. The van der Waals surface area contributed by atoms with Gasteiger partial charge in [-0.25, -0.2) is 9.07 Å². The van der Waals surface area contributed by atoms with Gasteiger partial charge in [-0.05, 0) is 50.2 Å². The van der Waals surface area contributed by atoms with E-state index < -0.39 is 11.2 Å². The summed E-state index contributed by atoms with van der Waals surface area (Å²) in [5.41, 5.74) is 0.200. The fraction of sp³-hybridized carbons (Fsp3) is 0.412. The molecule has 1 aromatic carbocycles.